The average molecular weight is 451 g/mol. The zero-order valence-electron chi connectivity index (χ0n) is 17.7. The molecule has 31 heavy (non-hydrogen) atoms. The number of hydrogen-bond acceptors (Lipinski definition) is 6. The Morgan fingerprint density at radius 1 is 1.13 bits per heavy atom. The number of rotatable bonds is 5. The van der Waals surface area contributed by atoms with Crippen molar-refractivity contribution in [3.05, 3.63) is 75.0 Å². The molecule has 0 atom stereocenters. The first kappa shape index (κ1) is 21.3. The molecule has 1 amide bonds. The van der Waals surface area contributed by atoms with E-state index in [0.29, 0.717) is 26.9 Å². The predicted molar refractivity (Wildman–Crippen MR) is 127 cm³/mol. The molecule has 2 aromatic carbocycles. The lowest BCUT2D eigenvalue weighted by Crippen LogP contribution is -2.22. The molecule has 0 aliphatic heterocycles. The van der Waals surface area contributed by atoms with Crippen LogP contribution in [-0.2, 0) is 17.6 Å². The highest BCUT2D eigenvalue weighted by Gasteiger charge is 2.19. The highest BCUT2D eigenvalue weighted by atomic mass is 32.2. The smallest absolute Gasteiger partial charge is 0.261 e. The number of fused-ring (bicyclic) bond motifs is 1. The number of aryl methyl sites for hydroxylation is 2. The maximum Gasteiger partial charge on any atom is 0.261 e. The Kier molecular flexibility index (Phi) is 5.93. The number of anilines is 2. The first-order chi connectivity index (χ1) is 14.8. The Balaban J connectivity index is 1.58. The summed E-state index contributed by atoms with van der Waals surface area (Å²) in [7, 11) is 1.73. The standard InChI is InChI=1S/C23H22N4O2S2/c1-14-9-10-18(11-15(14)2)27(16(3)28)23-24-17(13-31-23)12-30-22-25-20-8-6-5-7-19(20)21(29)26(22)4/h5-11,13H,12H2,1-4H3. The molecule has 0 spiro atoms. The van der Waals surface area contributed by atoms with Gasteiger partial charge in [-0.25, -0.2) is 9.97 Å². The van der Waals surface area contributed by atoms with E-state index in [9.17, 15) is 9.59 Å². The van der Waals surface area contributed by atoms with Crippen LogP contribution in [-0.4, -0.2) is 20.4 Å². The SMILES string of the molecule is CC(=O)N(c1ccc(C)c(C)c1)c1nc(CSc2nc3ccccc3c(=O)n2C)cs1. The summed E-state index contributed by atoms with van der Waals surface area (Å²) in [5.74, 6) is 0.462. The van der Waals surface area contributed by atoms with Gasteiger partial charge in [-0.1, -0.05) is 30.0 Å². The molecule has 0 aliphatic rings. The van der Waals surface area contributed by atoms with Crippen molar-refractivity contribution in [3.63, 3.8) is 0 Å². The summed E-state index contributed by atoms with van der Waals surface area (Å²) in [6.07, 6.45) is 0. The van der Waals surface area contributed by atoms with Gasteiger partial charge in [0.1, 0.15) is 0 Å². The normalized spacial score (nSPS) is 11.1. The maximum absolute atomic E-state index is 12.6. The number of carbonyl (C=O) groups excluding carboxylic acids is 1. The van der Waals surface area contributed by atoms with E-state index in [1.165, 1.54) is 28.7 Å². The van der Waals surface area contributed by atoms with Crippen LogP contribution >= 0.6 is 23.1 Å². The molecule has 0 saturated heterocycles. The topological polar surface area (TPSA) is 68.1 Å². The van der Waals surface area contributed by atoms with E-state index in [1.807, 2.05) is 55.6 Å². The van der Waals surface area contributed by atoms with Crippen molar-refractivity contribution in [2.45, 2.75) is 31.7 Å². The number of hydrogen-bond donors (Lipinski definition) is 0. The van der Waals surface area contributed by atoms with Crippen LogP contribution in [0.25, 0.3) is 10.9 Å². The highest BCUT2D eigenvalue weighted by Crippen LogP contribution is 2.32. The molecule has 0 N–H and O–H groups in total. The molecule has 0 radical (unpaired) electrons. The lowest BCUT2D eigenvalue weighted by atomic mass is 10.1. The Bertz CT molecular complexity index is 1340. The van der Waals surface area contributed by atoms with Gasteiger partial charge in [-0.15, -0.1) is 11.3 Å². The molecule has 0 aliphatic carbocycles. The second kappa shape index (κ2) is 8.64. The molecule has 8 heteroatoms. The highest BCUT2D eigenvalue weighted by molar-refractivity contribution is 7.98. The molecule has 0 fully saturated rings. The van der Waals surface area contributed by atoms with Gasteiger partial charge in [0.2, 0.25) is 5.91 Å². The molecule has 6 nitrogen and oxygen atoms in total. The molecule has 2 heterocycles. The Morgan fingerprint density at radius 3 is 2.65 bits per heavy atom. The fourth-order valence-electron chi connectivity index (χ4n) is 3.22. The third-order valence-corrected chi connectivity index (χ3v) is 7.02. The molecular formula is C23H22N4O2S2. The van der Waals surface area contributed by atoms with Crippen LogP contribution in [0.1, 0.15) is 23.7 Å². The third kappa shape index (κ3) is 4.26. The van der Waals surface area contributed by atoms with E-state index in [-0.39, 0.29) is 11.5 Å². The molecule has 0 saturated carbocycles. The molecule has 158 valence electrons. The van der Waals surface area contributed by atoms with E-state index in [4.69, 9.17) is 0 Å². The molecule has 0 unspecified atom stereocenters. The van der Waals surface area contributed by atoms with Gasteiger partial charge in [0.15, 0.2) is 10.3 Å². The summed E-state index contributed by atoms with van der Waals surface area (Å²) in [4.78, 5) is 35.9. The summed E-state index contributed by atoms with van der Waals surface area (Å²) in [5, 5.41) is 3.82. The zero-order valence-corrected chi connectivity index (χ0v) is 19.4. The van der Waals surface area contributed by atoms with Crippen molar-refractivity contribution in [3.8, 4) is 0 Å². The Hall–Kier alpha value is -2.97. The van der Waals surface area contributed by atoms with Crippen LogP contribution in [0.5, 0.6) is 0 Å². The molecule has 2 aromatic heterocycles. The zero-order chi connectivity index (χ0) is 22.1. The van der Waals surface area contributed by atoms with Gasteiger partial charge < -0.3 is 0 Å². The van der Waals surface area contributed by atoms with Gasteiger partial charge in [0.05, 0.1) is 22.3 Å². The minimum atomic E-state index is -0.0876. The third-order valence-electron chi connectivity index (χ3n) is 5.09. The van der Waals surface area contributed by atoms with Crippen LogP contribution in [0.4, 0.5) is 10.8 Å². The molecule has 0 bridgehead atoms. The van der Waals surface area contributed by atoms with E-state index in [1.54, 1.807) is 29.5 Å². The second-order valence-corrected chi connectivity index (χ2v) is 9.09. The lowest BCUT2D eigenvalue weighted by Gasteiger charge is -2.19. The van der Waals surface area contributed by atoms with Gasteiger partial charge in [0, 0.05) is 25.1 Å². The number of benzene rings is 2. The number of thiazole rings is 1. The van der Waals surface area contributed by atoms with Gasteiger partial charge in [-0.2, -0.15) is 0 Å². The van der Waals surface area contributed by atoms with Crippen LogP contribution < -0.4 is 10.5 Å². The van der Waals surface area contributed by atoms with Crippen molar-refractivity contribution < 1.29 is 4.79 Å². The fraction of sp³-hybridized carbons (Fsp3) is 0.217. The summed E-state index contributed by atoms with van der Waals surface area (Å²) < 4.78 is 1.57. The number of nitrogens with zero attached hydrogens (tertiary/aromatic N) is 4. The molecular weight excluding hydrogens is 428 g/mol. The molecule has 4 rings (SSSR count). The van der Waals surface area contributed by atoms with Crippen molar-refractivity contribution in [2.75, 3.05) is 4.90 Å². The summed E-state index contributed by atoms with van der Waals surface area (Å²) in [5.41, 5.74) is 4.57. The quantitative estimate of drug-likeness (QED) is 0.317. The maximum atomic E-state index is 12.6. The Morgan fingerprint density at radius 2 is 1.90 bits per heavy atom. The summed E-state index contributed by atoms with van der Waals surface area (Å²) in [6.45, 7) is 5.62. The van der Waals surface area contributed by atoms with E-state index in [2.05, 4.69) is 9.97 Å². The predicted octanol–water partition coefficient (Wildman–Crippen LogP) is 4.98. The van der Waals surface area contributed by atoms with E-state index in [0.717, 1.165) is 16.9 Å². The van der Waals surface area contributed by atoms with Crippen molar-refractivity contribution >= 4 is 50.7 Å². The van der Waals surface area contributed by atoms with Gasteiger partial charge in [0.25, 0.3) is 5.56 Å². The summed E-state index contributed by atoms with van der Waals surface area (Å²) in [6, 6.07) is 13.3. The first-order valence-corrected chi connectivity index (χ1v) is 11.6. The average Bonchev–Trinajstić information content (AvgIpc) is 3.20. The summed E-state index contributed by atoms with van der Waals surface area (Å²) >= 11 is 2.88. The van der Waals surface area contributed by atoms with Crippen molar-refractivity contribution in [1.82, 2.24) is 14.5 Å². The minimum absolute atomic E-state index is 0.0652. The number of para-hydroxylation sites is 1. The fourth-order valence-corrected chi connectivity index (χ4v) is 5.08. The first-order valence-electron chi connectivity index (χ1n) is 9.76. The van der Waals surface area contributed by atoms with E-state index < -0.39 is 0 Å². The largest absolute Gasteiger partial charge is 0.290 e. The van der Waals surface area contributed by atoms with Crippen molar-refractivity contribution in [2.24, 2.45) is 7.05 Å². The number of thioether (sulfide) groups is 1. The number of amides is 1. The van der Waals surface area contributed by atoms with Crippen LogP contribution in [0.3, 0.4) is 0 Å². The number of carbonyl (C=O) groups is 1. The second-order valence-electron chi connectivity index (χ2n) is 7.31. The van der Waals surface area contributed by atoms with Crippen LogP contribution in [0.15, 0.2) is 57.8 Å². The number of aromatic nitrogens is 3. The van der Waals surface area contributed by atoms with Gasteiger partial charge >= 0.3 is 0 Å². The van der Waals surface area contributed by atoms with Crippen molar-refractivity contribution in [1.29, 1.82) is 0 Å². The van der Waals surface area contributed by atoms with E-state index >= 15 is 0 Å². The van der Waals surface area contributed by atoms with Gasteiger partial charge in [-0.3, -0.25) is 19.1 Å². The van der Waals surface area contributed by atoms with Crippen LogP contribution in [0.2, 0.25) is 0 Å². The monoisotopic (exact) mass is 450 g/mol. The molecule has 4 aromatic rings. The van der Waals surface area contributed by atoms with Crippen LogP contribution in [0, 0.1) is 13.8 Å². The minimum Gasteiger partial charge on any atom is -0.290 e. The van der Waals surface area contributed by atoms with Gasteiger partial charge in [-0.05, 0) is 49.2 Å². The Labute approximate surface area is 188 Å². The lowest BCUT2D eigenvalue weighted by molar-refractivity contribution is -0.115.